The summed E-state index contributed by atoms with van der Waals surface area (Å²) in [5.41, 5.74) is 0.880. The number of amides is 1. The van der Waals surface area contributed by atoms with Crippen molar-refractivity contribution in [3.05, 3.63) is 29.6 Å². The third-order valence-corrected chi connectivity index (χ3v) is 3.32. The summed E-state index contributed by atoms with van der Waals surface area (Å²) in [7, 11) is 0. The lowest BCUT2D eigenvalue weighted by atomic mass is 9.99. The largest absolute Gasteiger partial charge is 0.324 e. The van der Waals surface area contributed by atoms with Crippen molar-refractivity contribution < 1.29 is 9.18 Å². The van der Waals surface area contributed by atoms with Crippen LogP contribution in [0.4, 0.5) is 10.1 Å². The van der Waals surface area contributed by atoms with E-state index in [1.54, 1.807) is 6.07 Å². The molecular formula is C13H17FN2O. The SMILES string of the molecule is Cc1ccc(F)cc1NC(=O)C1(C)CCCN1. The molecule has 2 N–H and O–H groups in total. The number of hydrogen-bond donors (Lipinski definition) is 2. The van der Waals surface area contributed by atoms with E-state index in [2.05, 4.69) is 10.6 Å². The van der Waals surface area contributed by atoms with E-state index in [0.29, 0.717) is 5.69 Å². The fraction of sp³-hybridized carbons (Fsp3) is 0.462. The number of rotatable bonds is 2. The van der Waals surface area contributed by atoms with E-state index in [1.807, 2.05) is 13.8 Å². The Morgan fingerprint density at radius 3 is 2.94 bits per heavy atom. The lowest BCUT2D eigenvalue weighted by molar-refractivity contribution is -0.121. The molecular weight excluding hydrogens is 219 g/mol. The van der Waals surface area contributed by atoms with E-state index in [-0.39, 0.29) is 11.7 Å². The monoisotopic (exact) mass is 236 g/mol. The summed E-state index contributed by atoms with van der Waals surface area (Å²) in [6.45, 7) is 4.58. The van der Waals surface area contributed by atoms with Crippen LogP contribution in [0.1, 0.15) is 25.3 Å². The number of benzene rings is 1. The van der Waals surface area contributed by atoms with Crippen molar-refractivity contribution in [2.24, 2.45) is 0 Å². The summed E-state index contributed by atoms with van der Waals surface area (Å²) in [6.07, 6.45) is 1.80. The molecule has 1 fully saturated rings. The third-order valence-electron chi connectivity index (χ3n) is 3.32. The summed E-state index contributed by atoms with van der Waals surface area (Å²) in [6, 6.07) is 4.40. The smallest absolute Gasteiger partial charge is 0.244 e. The van der Waals surface area contributed by atoms with Crippen LogP contribution in [-0.2, 0) is 4.79 Å². The molecule has 1 aliphatic rings. The summed E-state index contributed by atoms with van der Waals surface area (Å²) in [5, 5.41) is 5.97. The maximum Gasteiger partial charge on any atom is 0.244 e. The van der Waals surface area contributed by atoms with Crippen LogP contribution in [0.25, 0.3) is 0 Å². The molecule has 1 heterocycles. The molecule has 1 aliphatic heterocycles. The molecule has 1 saturated heterocycles. The quantitative estimate of drug-likeness (QED) is 0.826. The van der Waals surface area contributed by atoms with Gasteiger partial charge in [-0.25, -0.2) is 4.39 Å². The van der Waals surface area contributed by atoms with Gasteiger partial charge in [0.25, 0.3) is 0 Å². The van der Waals surface area contributed by atoms with E-state index in [0.717, 1.165) is 24.9 Å². The Morgan fingerprint density at radius 2 is 2.29 bits per heavy atom. The van der Waals surface area contributed by atoms with Crippen molar-refractivity contribution in [3.63, 3.8) is 0 Å². The number of hydrogen-bond acceptors (Lipinski definition) is 2. The van der Waals surface area contributed by atoms with Crippen LogP contribution in [0.15, 0.2) is 18.2 Å². The summed E-state index contributed by atoms with van der Waals surface area (Å²) < 4.78 is 13.1. The van der Waals surface area contributed by atoms with Gasteiger partial charge >= 0.3 is 0 Å². The summed E-state index contributed by atoms with van der Waals surface area (Å²) in [4.78, 5) is 12.1. The summed E-state index contributed by atoms with van der Waals surface area (Å²) in [5.74, 6) is -0.431. The van der Waals surface area contributed by atoms with Gasteiger partial charge in [0.1, 0.15) is 5.82 Å². The Labute approximate surface area is 100 Å². The van der Waals surface area contributed by atoms with Gasteiger partial charge in [0.15, 0.2) is 0 Å². The highest BCUT2D eigenvalue weighted by Crippen LogP contribution is 2.22. The van der Waals surface area contributed by atoms with Crippen molar-refractivity contribution in [2.45, 2.75) is 32.2 Å². The number of carbonyl (C=O) groups is 1. The van der Waals surface area contributed by atoms with E-state index >= 15 is 0 Å². The van der Waals surface area contributed by atoms with Gasteiger partial charge in [-0.15, -0.1) is 0 Å². The maximum absolute atomic E-state index is 13.1. The first-order valence-corrected chi connectivity index (χ1v) is 5.84. The minimum atomic E-state index is -0.529. The Hall–Kier alpha value is -1.42. The molecule has 0 bridgehead atoms. The number of anilines is 1. The van der Waals surface area contributed by atoms with E-state index in [1.165, 1.54) is 12.1 Å². The predicted molar refractivity (Wildman–Crippen MR) is 65.4 cm³/mol. The zero-order valence-electron chi connectivity index (χ0n) is 10.1. The Bertz CT molecular complexity index is 439. The van der Waals surface area contributed by atoms with Crippen molar-refractivity contribution in [1.82, 2.24) is 5.32 Å². The molecule has 0 radical (unpaired) electrons. The second-order valence-corrected chi connectivity index (χ2v) is 4.78. The van der Waals surface area contributed by atoms with E-state index in [9.17, 15) is 9.18 Å². The molecule has 0 aliphatic carbocycles. The Balaban J connectivity index is 2.15. The predicted octanol–water partition coefficient (Wildman–Crippen LogP) is 2.21. The fourth-order valence-electron chi connectivity index (χ4n) is 2.08. The fourth-order valence-corrected chi connectivity index (χ4v) is 2.08. The number of carbonyl (C=O) groups excluding carboxylic acids is 1. The minimum absolute atomic E-state index is 0.0938. The van der Waals surface area contributed by atoms with Crippen LogP contribution in [-0.4, -0.2) is 18.0 Å². The lowest BCUT2D eigenvalue weighted by Crippen LogP contribution is -2.48. The van der Waals surface area contributed by atoms with Gasteiger partial charge in [0.2, 0.25) is 5.91 Å². The maximum atomic E-state index is 13.1. The first kappa shape index (κ1) is 12.0. The number of halogens is 1. The molecule has 0 spiro atoms. The Kier molecular flexibility index (Phi) is 3.15. The molecule has 1 atom stereocenters. The van der Waals surface area contributed by atoms with Crippen LogP contribution >= 0.6 is 0 Å². The topological polar surface area (TPSA) is 41.1 Å². The zero-order valence-corrected chi connectivity index (χ0v) is 10.1. The molecule has 3 nitrogen and oxygen atoms in total. The molecule has 0 aromatic heterocycles. The molecule has 1 unspecified atom stereocenters. The van der Waals surface area contributed by atoms with E-state index in [4.69, 9.17) is 0 Å². The van der Waals surface area contributed by atoms with Gasteiger partial charge in [-0.2, -0.15) is 0 Å². The summed E-state index contributed by atoms with van der Waals surface area (Å²) >= 11 is 0. The zero-order chi connectivity index (χ0) is 12.5. The average Bonchev–Trinajstić information content (AvgIpc) is 2.72. The first-order valence-electron chi connectivity index (χ1n) is 5.84. The van der Waals surface area contributed by atoms with E-state index < -0.39 is 5.54 Å². The molecule has 1 aromatic rings. The van der Waals surface area contributed by atoms with Gasteiger partial charge in [-0.1, -0.05) is 6.07 Å². The molecule has 0 saturated carbocycles. The van der Waals surface area contributed by atoms with Crippen molar-refractivity contribution in [1.29, 1.82) is 0 Å². The van der Waals surface area contributed by atoms with Crippen molar-refractivity contribution in [2.75, 3.05) is 11.9 Å². The average molecular weight is 236 g/mol. The highest BCUT2D eigenvalue weighted by molar-refractivity contribution is 5.98. The standard InChI is InChI=1S/C13H17FN2O/c1-9-4-5-10(14)8-11(9)16-12(17)13(2)6-3-7-15-13/h4-5,8,15H,3,6-7H2,1-2H3,(H,16,17). The van der Waals surface area contributed by atoms with Crippen LogP contribution in [0.5, 0.6) is 0 Å². The number of aryl methyl sites for hydroxylation is 1. The van der Waals surface area contributed by atoms with Crippen LogP contribution in [0.2, 0.25) is 0 Å². The van der Waals surface area contributed by atoms with Gasteiger partial charge in [0, 0.05) is 5.69 Å². The normalized spacial score (nSPS) is 23.7. The highest BCUT2D eigenvalue weighted by Gasteiger charge is 2.35. The van der Waals surface area contributed by atoms with Gasteiger partial charge < -0.3 is 10.6 Å². The second kappa shape index (κ2) is 4.45. The molecule has 1 aromatic carbocycles. The molecule has 4 heteroatoms. The minimum Gasteiger partial charge on any atom is -0.324 e. The number of nitrogens with one attached hydrogen (secondary N) is 2. The Morgan fingerprint density at radius 1 is 1.53 bits per heavy atom. The molecule has 17 heavy (non-hydrogen) atoms. The molecule has 92 valence electrons. The van der Waals surface area contributed by atoms with Gasteiger partial charge in [-0.05, 0) is 50.9 Å². The van der Waals surface area contributed by atoms with Gasteiger partial charge in [-0.3, -0.25) is 4.79 Å². The van der Waals surface area contributed by atoms with Crippen LogP contribution in [0.3, 0.4) is 0 Å². The second-order valence-electron chi connectivity index (χ2n) is 4.78. The van der Waals surface area contributed by atoms with Crippen molar-refractivity contribution >= 4 is 11.6 Å². The highest BCUT2D eigenvalue weighted by atomic mass is 19.1. The third kappa shape index (κ3) is 2.47. The van der Waals surface area contributed by atoms with Gasteiger partial charge in [0.05, 0.1) is 5.54 Å². The van der Waals surface area contributed by atoms with Crippen LogP contribution in [0, 0.1) is 12.7 Å². The molecule has 1 amide bonds. The van der Waals surface area contributed by atoms with Crippen LogP contribution < -0.4 is 10.6 Å². The first-order chi connectivity index (χ1) is 8.01. The molecule has 2 rings (SSSR count). The van der Waals surface area contributed by atoms with Crippen molar-refractivity contribution in [3.8, 4) is 0 Å². The lowest BCUT2D eigenvalue weighted by Gasteiger charge is -2.23.